The summed E-state index contributed by atoms with van der Waals surface area (Å²) in [5.41, 5.74) is 1.38. The van der Waals surface area contributed by atoms with Crippen molar-refractivity contribution in [3.8, 4) is 0 Å². The first-order valence-corrected chi connectivity index (χ1v) is 9.89. The van der Waals surface area contributed by atoms with E-state index in [4.69, 9.17) is 0 Å². The number of carbonyl (C=O) groups is 2. The van der Waals surface area contributed by atoms with Gasteiger partial charge in [-0.25, -0.2) is 4.98 Å². The van der Waals surface area contributed by atoms with E-state index in [9.17, 15) is 9.59 Å². The van der Waals surface area contributed by atoms with Gasteiger partial charge in [-0.3, -0.25) is 9.59 Å². The molecule has 0 radical (unpaired) electrons. The van der Waals surface area contributed by atoms with Gasteiger partial charge in [0.25, 0.3) is 11.8 Å². The van der Waals surface area contributed by atoms with Crippen molar-refractivity contribution in [1.29, 1.82) is 0 Å². The van der Waals surface area contributed by atoms with Gasteiger partial charge in [-0.2, -0.15) is 0 Å². The summed E-state index contributed by atoms with van der Waals surface area (Å²) >= 11 is 0. The zero-order chi connectivity index (χ0) is 18.5. The fourth-order valence-electron chi connectivity index (χ4n) is 3.90. The van der Waals surface area contributed by atoms with E-state index in [0.29, 0.717) is 18.1 Å². The van der Waals surface area contributed by atoms with Gasteiger partial charge in [-0.05, 0) is 59.2 Å². The second-order valence-electron chi connectivity index (χ2n) is 7.71. The summed E-state index contributed by atoms with van der Waals surface area (Å²) in [7, 11) is 4.03. The molecule has 3 rings (SSSR count). The topological polar surface area (TPSA) is 79.3 Å². The molecule has 2 aliphatic rings. The number of imidazole rings is 1. The van der Waals surface area contributed by atoms with Gasteiger partial charge in [-0.15, -0.1) is 0 Å². The summed E-state index contributed by atoms with van der Waals surface area (Å²) in [6.07, 6.45) is 8.20. The first-order chi connectivity index (χ1) is 12.6. The maximum atomic E-state index is 12.7. The van der Waals surface area contributed by atoms with E-state index in [1.807, 2.05) is 18.7 Å². The fraction of sp³-hybridized carbons (Fsp3) is 0.737. The van der Waals surface area contributed by atoms with Crippen molar-refractivity contribution in [2.24, 2.45) is 0 Å². The van der Waals surface area contributed by atoms with Gasteiger partial charge in [0.05, 0.1) is 5.69 Å². The van der Waals surface area contributed by atoms with Crippen molar-refractivity contribution in [2.45, 2.75) is 64.0 Å². The monoisotopic (exact) mass is 361 g/mol. The number of nitrogens with one attached hydrogen (secondary N) is 2. The van der Waals surface area contributed by atoms with Gasteiger partial charge in [0.15, 0.2) is 5.82 Å². The summed E-state index contributed by atoms with van der Waals surface area (Å²) in [6.45, 7) is 2.30. The van der Waals surface area contributed by atoms with E-state index in [1.54, 1.807) is 0 Å². The predicted octanol–water partition coefficient (Wildman–Crippen LogP) is 1.57. The molecule has 0 bridgehead atoms. The molecule has 1 saturated carbocycles. The average Bonchev–Trinajstić information content (AvgIpc) is 3.26. The molecule has 1 fully saturated rings. The highest BCUT2D eigenvalue weighted by atomic mass is 16.2. The van der Waals surface area contributed by atoms with Crippen molar-refractivity contribution in [1.82, 2.24) is 25.1 Å². The Bertz CT molecular complexity index is 647. The Morgan fingerprint density at radius 2 is 1.92 bits per heavy atom. The molecule has 144 valence electrons. The van der Waals surface area contributed by atoms with Crippen LogP contribution in [0, 0.1) is 0 Å². The predicted molar refractivity (Wildman–Crippen MR) is 100 cm³/mol. The molecule has 1 aromatic heterocycles. The van der Waals surface area contributed by atoms with Crippen LogP contribution in [0.1, 0.15) is 71.7 Å². The Morgan fingerprint density at radius 3 is 2.65 bits per heavy atom. The summed E-state index contributed by atoms with van der Waals surface area (Å²) < 4.78 is 1.95. The molecule has 26 heavy (non-hydrogen) atoms. The Labute approximate surface area is 155 Å². The lowest BCUT2D eigenvalue weighted by Crippen LogP contribution is -2.33. The van der Waals surface area contributed by atoms with Gasteiger partial charge in [0.2, 0.25) is 0 Å². The standard InChI is InChI=1S/C19H31N5O2/c1-23(2)12-7-11-20-19(26)17-22-16(15-10-5-6-13-24(15)17)18(25)21-14-8-3-4-9-14/h14H,3-13H2,1-2H3,(H,20,26)(H,21,25). The van der Waals surface area contributed by atoms with Crippen LogP contribution in [0.15, 0.2) is 0 Å². The normalized spacial score (nSPS) is 17.3. The summed E-state index contributed by atoms with van der Waals surface area (Å²) in [4.78, 5) is 31.9. The molecule has 1 aliphatic heterocycles. The van der Waals surface area contributed by atoms with E-state index in [2.05, 4.69) is 20.5 Å². The molecule has 7 nitrogen and oxygen atoms in total. The lowest BCUT2D eigenvalue weighted by molar-refractivity contribution is 0.0931. The smallest absolute Gasteiger partial charge is 0.287 e. The number of fused-ring (bicyclic) bond motifs is 1. The molecule has 0 unspecified atom stereocenters. The van der Waals surface area contributed by atoms with E-state index in [1.165, 1.54) is 12.8 Å². The van der Waals surface area contributed by atoms with Gasteiger partial charge in [-0.1, -0.05) is 12.8 Å². The number of nitrogens with zero attached hydrogens (tertiary/aromatic N) is 3. The maximum absolute atomic E-state index is 12.7. The molecule has 2 amide bonds. The summed E-state index contributed by atoms with van der Waals surface area (Å²) in [5.74, 6) is 0.0992. The largest absolute Gasteiger partial charge is 0.349 e. The molecule has 2 heterocycles. The fourth-order valence-corrected chi connectivity index (χ4v) is 3.90. The quantitative estimate of drug-likeness (QED) is 0.723. The average molecular weight is 361 g/mol. The number of amides is 2. The van der Waals surface area contributed by atoms with Crippen LogP contribution >= 0.6 is 0 Å². The SMILES string of the molecule is CN(C)CCCNC(=O)c1nc(C(=O)NC2CCCC2)c2n1CCCC2. The molecule has 1 aliphatic carbocycles. The third-order valence-corrected chi connectivity index (χ3v) is 5.29. The molecule has 1 aromatic rings. The van der Waals surface area contributed by atoms with E-state index in [-0.39, 0.29) is 17.9 Å². The number of hydrogen-bond donors (Lipinski definition) is 2. The highest BCUT2D eigenvalue weighted by molar-refractivity contribution is 5.97. The Balaban J connectivity index is 1.70. The second kappa shape index (κ2) is 8.66. The molecular formula is C19H31N5O2. The number of carbonyl (C=O) groups excluding carboxylic acids is 2. The van der Waals surface area contributed by atoms with E-state index >= 15 is 0 Å². The van der Waals surface area contributed by atoms with Crippen LogP contribution < -0.4 is 10.6 Å². The number of hydrogen-bond acceptors (Lipinski definition) is 4. The third kappa shape index (κ3) is 4.44. The minimum atomic E-state index is -0.174. The molecule has 7 heteroatoms. The molecule has 0 saturated heterocycles. The molecular weight excluding hydrogens is 330 g/mol. The molecule has 0 aromatic carbocycles. The van der Waals surface area contributed by atoms with Gasteiger partial charge in [0, 0.05) is 19.1 Å². The van der Waals surface area contributed by atoms with Crippen LogP contribution in [0.4, 0.5) is 0 Å². The van der Waals surface area contributed by atoms with Crippen LogP contribution in [0.25, 0.3) is 0 Å². The minimum Gasteiger partial charge on any atom is -0.349 e. The first-order valence-electron chi connectivity index (χ1n) is 9.89. The van der Waals surface area contributed by atoms with Gasteiger partial charge in [0.1, 0.15) is 5.69 Å². The molecule has 0 spiro atoms. The number of aromatic nitrogens is 2. The third-order valence-electron chi connectivity index (χ3n) is 5.29. The summed E-state index contributed by atoms with van der Waals surface area (Å²) in [5, 5.41) is 6.06. The highest BCUT2D eigenvalue weighted by Gasteiger charge is 2.28. The zero-order valence-electron chi connectivity index (χ0n) is 16.0. The van der Waals surface area contributed by atoms with Crippen molar-refractivity contribution < 1.29 is 9.59 Å². The van der Waals surface area contributed by atoms with E-state index < -0.39 is 0 Å². The minimum absolute atomic E-state index is 0.116. The lowest BCUT2D eigenvalue weighted by Gasteiger charge is -2.17. The van der Waals surface area contributed by atoms with Crippen LogP contribution in [-0.4, -0.2) is 59.5 Å². The summed E-state index contributed by atoms with van der Waals surface area (Å²) in [6, 6.07) is 0.256. The van der Waals surface area contributed by atoms with Crippen molar-refractivity contribution >= 4 is 11.8 Å². The van der Waals surface area contributed by atoms with Gasteiger partial charge < -0.3 is 20.1 Å². The van der Waals surface area contributed by atoms with Gasteiger partial charge >= 0.3 is 0 Å². The van der Waals surface area contributed by atoms with Crippen molar-refractivity contribution in [2.75, 3.05) is 27.2 Å². The Hall–Kier alpha value is -1.89. The molecule has 2 N–H and O–H groups in total. The number of rotatable bonds is 7. The Morgan fingerprint density at radius 1 is 1.15 bits per heavy atom. The second-order valence-corrected chi connectivity index (χ2v) is 7.71. The Kier molecular flexibility index (Phi) is 6.29. The lowest BCUT2D eigenvalue weighted by atomic mass is 10.1. The zero-order valence-corrected chi connectivity index (χ0v) is 16.0. The first kappa shape index (κ1) is 18.9. The van der Waals surface area contributed by atoms with Crippen molar-refractivity contribution in [3.05, 3.63) is 17.2 Å². The van der Waals surface area contributed by atoms with Crippen LogP contribution in [0.3, 0.4) is 0 Å². The maximum Gasteiger partial charge on any atom is 0.287 e. The van der Waals surface area contributed by atoms with E-state index in [0.717, 1.165) is 57.3 Å². The van der Waals surface area contributed by atoms with Crippen LogP contribution in [0.2, 0.25) is 0 Å². The highest BCUT2D eigenvalue weighted by Crippen LogP contribution is 2.23. The van der Waals surface area contributed by atoms with Crippen LogP contribution in [-0.2, 0) is 13.0 Å². The molecule has 0 atom stereocenters. The van der Waals surface area contributed by atoms with Crippen molar-refractivity contribution in [3.63, 3.8) is 0 Å². The van der Waals surface area contributed by atoms with Crippen LogP contribution in [0.5, 0.6) is 0 Å².